The number of ether oxygens (including phenoxy) is 2. The minimum absolute atomic E-state index is 0.0615. The van der Waals surface area contributed by atoms with Crippen LogP contribution in [0.4, 0.5) is 5.69 Å². The van der Waals surface area contributed by atoms with Gasteiger partial charge in [0.2, 0.25) is 5.91 Å². The highest BCUT2D eigenvalue weighted by molar-refractivity contribution is 5.98. The van der Waals surface area contributed by atoms with Crippen LogP contribution in [0, 0.1) is 0 Å². The first-order valence-electron chi connectivity index (χ1n) is 9.54. The van der Waals surface area contributed by atoms with E-state index in [0.29, 0.717) is 32.8 Å². The molecule has 0 aromatic carbocycles. The van der Waals surface area contributed by atoms with Crippen molar-refractivity contribution in [2.75, 3.05) is 64.6 Å². The average molecular weight is 380 g/mol. The lowest BCUT2D eigenvalue weighted by molar-refractivity contribution is -0.120. The number of anilines is 1. The van der Waals surface area contributed by atoms with E-state index in [0.717, 1.165) is 44.2 Å². The zero-order chi connectivity index (χ0) is 19.5. The Morgan fingerprint density at radius 3 is 2.81 bits per heavy atom. The number of nitrogens with one attached hydrogen (secondary N) is 1. The number of hydrogen-bond donors (Lipinski definition) is 1. The molecule has 2 rings (SSSR count). The topological polar surface area (TPSA) is 84.2 Å². The number of carbonyl (C=O) groups excluding carboxylic acids is 1. The summed E-state index contributed by atoms with van der Waals surface area (Å²) in [6.07, 6.45) is 5.49. The lowest BCUT2D eigenvalue weighted by Crippen LogP contribution is -2.55. The van der Waals surface area contributed by atoms with Crippen LogP contribution in [0.3, 0.4) is 0 Å². The molecule has 9 nitrogen and oxygen atoms in total. The summed E-state index contributed by atoms with van der Waals surface area (Å²) in [4.78, 5) is 21.0. The monoisotopic (exact) mass is 380 g/mol. The standard InChI is InChI=1S/C18H32N6O3/c1-4-19-18(20-7-5-6-10-27-12-11-26-3)23-8-9-24(17(25)15-23)16-13-21-22(2)14-16/h13-14H,4-12,15H2,1-3H3,(H,19,20). The van der Waals surface area contributed by atoms with Crippen molar-refractivity contribution in [2.24, 2.45) is 12.0 Å². The van der Waals surface area contributed by atoms with E-state index in [1.54, 1.807) is 22.9 Å². The Kier molecular flexibility index (Phi) is 9.06. The molecule has 2 heterocycles. The molecule has 1 aromatic rings. The van der Waals surface area contributed by atoms with Crippen LogP contribution in [0.1, 0.15) is 19.8 Å². The normalized spacial score (nSPS) is 15.5. The lowest BCUT2D eigenvalue weighted by Gasteiger charge is -2.35. The van der Waals surface area contributed by atoms with E-state index < -0.39 is 0 Å². The second kappa shape index (κ2) is 11.6. The zero-order valence-corrected chi connectivity index (χ0v) is 16.7. The second-order valence-corrected chi connectivity index (χ2v) is 6.39. The number of methoxy groups -OCH3 is 1. The Labute approximate surface area is 161 Å². The molecular formula is C18H32N6O3. The molecule has 9 heteroatoms. The van der Waals surface area contributed by atoms with Gasteiger partial charge in [-0.15, -0.1) is 0 Å². The molecule has 27 heavy (non-hydrogen) atoms. The molecule has 1 N–H and O–H groups in total. The molecule has 0 bridgehead atoms. The summed E-state index contributed by atoms with van der Waals surface area (Å²) in [6, 6.07) is 0. The number of hydrogen-bond acceptors (Lipinski definition) is 5. The number of aromatic nitrogens is 2. The van der Waals surface area contributed by atoms with Crippen molar-refractivity contribution in [2.45, 2.75) is 19.8 Å². The van der Waals surface area contributed by atoms with Crippen LogP contribution < -0.4 is 10.2 Å². The quantitative estimate of drug-likeness (QED) is 0.361. The van der Waals surface area contributed by atoms with Crippen LogP contribution >= 0.6 is 0 Å². The number of aryl methyl sites for hydroxylation is 1. The highest BCUT2D eigenvalue weighted by atomic mass is 16.5. The van der Waals surface area contributed by atoms with Gasteiger partial charge < -0.3 is 24.6 Å². The molecule has 1 fully saturated rings. The summed E-state index contributed by atoms with van der Waals surface area (Å²) >= 11 is 0. The van der Waals surface area contributed by atoms with Crippen molar-refractivity contribution in [3.05, 3.63) is 12.4 Å². The predicted octanol–water partition coefficient (Wildman–Crippen LogP) is 0.477. The second-order valence-electron chi connectivity index (χ2n) is 6.39. The molecule has 152 valence electrons. The van der Waals surface area contributed by atoms with Gasteiger partial charge in [0, 0.05) is 53.1 Å². The molecule has 1 amide bonds. The van der Waals surface area contributed by atoms with Crippen LogP contribution in [0.15, 0.2) is 17.4 Å². The molecule has 0 atom stereocenters. The minimum atomic E-state index is 0.0615. The molecule has 1 saturated heterocycles. The minimum Gasteiger partial charge on any atom is -0.382 e. The number of nitrogens with zero attached hydrogens (tertiary/aromatic N) is 5. The van der Waals surface area contributed by atoms with E-state index in [-0.39, 0.29) is 5.91 Å². The fourth-order valence-corrected chi connectivity index (χ4v) is 2.85. The van der Waals surface area contributed by atoms with Gasteiger partial charge in [-0.05, 0) is 19.8 Å². The number of aliphatic imine (C=N–C) groups is 1. The van der Waals surface area contributed by atoms with E-state index >= 15 is 0 Å². The molecule has 1 aromatic heterocycles. The van der Waals surface area contributed by atoms with Crippen LogP contribution in [0.25, 0.3) is 0 Å². The Hall–Kier alpha value is -2.13. The molecule has 0 spiro atoms. The third-order valence-electron chi connectivity index (χ3n) is 4.25. The molecule has 1 aliphatic heterocycles. The zero-order valence-electron chi connectivity index (χ0n) is 16.7. The summed E-state index contributed by atoms with van der Waals surface area (Å²) < 4.78 is 12.1. The molecule has 0 unspecified atom stereocenters. The average Bonchev–Trinajstić information content (AvgIpc) is 3.09. The number of rotatable bonds is 10. The maximum atomic E-state index is 12.6. The first kappa shape index (κ1) is 21.2. The van der Waals surface area contributed by atoms with Crippen molar-refractivity contribution >= 4 is 17.6 Å². The molecule has 1 aliphatic rings. The molecule has 0 radical (unpaired) electrons. The lowest BCUT2D eigenvalue weighted by atomic mass is 10.3. The fraction of sp³-hybridized carbons (Fsp3) is 0.722. The summed E-state index contributed by atoms with van der Waals surface area (Å²) in [6.45, 7) is 7.19. The van der Waals surface area contributed by atoms with Crippen LogP contribution in [-0.2, 0) is 21.3 Å². The Bertz CT molecular complexity index is 604. The summed E-state index contributed by atoms with van der Waals surface area (Å²) in [5.41, 5.74) is 0.845. The summed E-state index contributed by atoms with van der Waals surface area (Å²) in [5.74, 6) is 0.864. The van der Waals surface area contributed by atoms with Gasteiger partial charge in [0.1, 0.15) is 6.54 Å². The smallest absolute Gasteiger partial charge is 0.246 e. The van der Waals surface area contributed by atoms with Gasteiger partial charge in [0.05, 0.1) is 25.1 Å². The first-order valence-corrected chi connectivity index (χ1v) is 9.54. The maximum absolute atomic E-state index is 12.6. The van der Waals surface area contributed by atoms with Gasteiger partial charge in [0.25, 0.3) is 0 Å². The van der Waals surface area contributed by atoms with Crippen molar-refractivity contribution in [1.82, 2.24) is 20.0 Å². The third kappa shape index (κ3) is 6.84. The summed E-state index contributed by atoms with van der Waals surface area (Å²) in [7, 11) is 3.52. The van der Waals surface area contributed by atoms with Gasteiger partial charge in [0.15, 0.2) is 5.96 Å². The summed E-state index contributed by atoms with van der Waals surface area (Å²) in [5, 5.41) is 7.44. The highest BCUT2D eigenvalue weighted by Crippen LogP contribution is 2.16. The van der Waals surface area contributed by atoms with Crippen LogP contribution in [-0.4, -0.2) is 86.2 Å². The van der Waals surface area contributed by atoms with Gasteiger partial charge in [-0.3, -0.25) is 14.5 Å². The molecule has 0 saturated carbocycles. The van der Waals surface area contributed by atoms with Crippen LogP contribution in [0.2, 0.25) is 0 Å². The Morgan fingerprint density at radius 2 is 2.15 bits per heavy atom. The van der Waals surface area contributed by atoms with E-state index in [9.17, 15) is 4.79 Å². The van der Waals surface area contributed by atoms with Crippen molar-refractivity contribution in [3.8, 4) is 0 Å². The number of amides is 1. The van der Waals surface area contributed by atoms with Crippen molar-refractivity contribution < 1.29 is 14.3 Å². The number of piperazine rings is 1. The van der Waals surface area contributed by atoms with Gasteiger partial charge in [-0.25, -0.2) is 0 Å². The van der Waals surface area contributed by atoms with Gasteiger partial charge >= 0.3 is 0 Å². The Balaban J connectivity index is 1.79. The van der Waals surface area contributed by atoms with E-state index in [1.807, 2.05) is 25.1 Å². The maximum Gasteiger partial charge on any atom is 0.246 e. The fourth-order valence-electron chi connectivity index (χ4n) is 2.85. The van der Waals surface area contributed by atoms with Gasteiger partial charge in [-0.1, -0.05) is 0 Å². The number of unbranched alkanes of at least 4 members (excludes halogenated alkanes) is 1. The van der Waals surface area contributed by atoms with Gasteiger partial charge in [-0.2, -0.15) is 5.10 Å². The van der Waals surface area contributed by atoms with E-state index in [4.69, 9.17) is 9.47 Å². The van der Waals surface area contributed by atoms with E-state index in [1.165, 1.54) is 0 Å². The SMILES string of the molecule is CCNC(=NCCCCOCCOC)N1CCN(c2cnn(C)c2)C(=O)C1. The number of carbonyl (C=O) groups is 1. The van der Waals surface area contributed by atoms with E-state index in [2.05, 4.69) is 15.4 Å². The van der Waals surface area contributed by atoms with Crippen molar-refractivity contribution in [3.63, 3.8) is 0 Å². The molecular weight excluding hydrogens is 348 g/mol. The highest BCUT2D eigenvalue weighted by Gasteiger charge is 2.27. The predicted molar refractivity (Wildman–Crippen MR) is 105 cm³/mol. The Morgan fingerprint density at radius 1 is 1.30 bits per heavy atom. The van der Waals surface area contributed by atoms with Crippen molar-refractivity contribution in [1.29, 1.82) is 0 Å². The van der Waals surface area contributed by atoms with Crippen LogP contribution in [0.5, 0.6) is 0 Å². The number of guanidine groups is 1. The largest absolute Gasteiger partial charge is 0.382 e. The first-order chi connectivity index (χ1) is 13.2. The molecule has 0 aliphatic carbocycles. The third-order valence-corrected chi connectivity index (χ3v) is 4.25.